The predicted molar refractivity (Wildman–Crippen MR) is 65.1 cm³/mol. The second-order valence-corrected chi connectivity index (χ2v) is 4.12. The van der Waals surface area contributed by atoms with E-state index in [9.17, 15) is 0 Å². The summed E-state index contributed by atoms with van der Waals surface area (Å²) in [5.74, 6) is 0.947. The van der Waals surface area contributed by atoms with Gasteiger partial charge in [-0.1, -0.05) is 0 Å². The summed E-state index contributed by atoms with van der Waals surface area (Å²) in [5, 5.41) is 11.8. The number of rotatable bonds is 6. The molecule has 0 aliphatic heterocycles. The Labute approximate surface area is 101 Å². The maximum Gasteiger partial charge on any atom is 0.132 e. The second-order valence-electron chi connectivity index (χ2n) is 4.12. The molecule has 0 fully saturated rings. The first-order valence-corrected chi connectivity index (χ1v) is 6.17. The fourth-order valence-corrected chi connectivity index (χ4v) is 2.08. The van der Waals surface area contributed by atoms with Gasteiger partial charge in [-0.15, -0.1) is 0 Å². The minimum absolute atomic E-state index is 0.0723. The van der Waals surface area contributed by atoms with Crippen LogP contribution in [0.15, 0.2) is 6.33 Å². The molecule has 2 N–H and O–H groups in total. The van der Waals surface area contributed by atoms with Gasteiger partial charge in [-0.2, -0.15) is 0 Å². The molecule has 0 unspecified atom stereocenters. The zero-order chi connectivity index (χ0) is 11.9. The summed E-state index contributed by atoms with van der Waals surface area (Å²) in [5.41, 5.74) is 2.45. The predicted octanol–water partition coefficient (Wildman–Crippen LogP) is 0.776. The van der Waals surface area contributed by atoms with E-state index in [1.807, 2.05) is 0 Å². The molecule has 0 bridgehead atoms. The van der Waals surface area contributed by atoms with Gasteiger partial charge in [0.2, 0.25) is 0 Å². The summed E-state index contributed by atoms with van der Waals surface area (Å²) in [6.45, 7) is 1.76. The molecular formula is C12H19N3O2. The number of nitrogens with one attached hydrogen (secondary N) is 1. The number of hydrogen-bond acceptors (Lipinski definition) is 5. The number of anilines is 1. The van der Waals surface area contributed by atoms with Crippen molar-refractivity contribution in [3.63, 3.8) is 0 Å². The highest BCUT2D eigenvalue weighted by Gasteiger charge is 2.14. The van der Waals surface area contributed by atoms with Crippen LogP contribution in [-0.4, -0.2) is 41.4 Å². The molecule has 1 heterocycles. The molecular weight excluding hydrogens is 218 g/mol. The van der Waals surface area contributed by atoms with Crippen molar-refractivity contribution in [2.75, 3.05) is 31.7 Å². The second kappa shape index (κ2) is 6.51. The van der Waals surface area contributed by atoms with E-state index >= 15 is 0 Å². The van der Waals surface area contributed by atoms with Crippen molar-refractivity contribution in [3.05, 3.63) is 17.6 Å². The number of fused-ring (bicyclic) bond motifs is 1. The van der Waals surface area contributed by atoms with E-state index in [4.69, 9.17) is 9.84 Å². The van der Waals surface area contributed by atoms with Crippen molar-refractivity contribution in [1.82, 2.24) is 9.97 Å². The molecule has 2 rings (SSSR count). The Hall–Kier alpha value is -1.20. The molecule has 1 aliphatic rings. The maximum absolute atomic E-state index is 8.57. The zero-order valence-corrected chi connectivity index (χ0v) is 9.98. The van der Waals surface area contributed by atoms with E-state index in [0.29, 0.717) is 19.8 Å². The molecule has 1 aliphatic carbocycles. The molecule has 0 amide bonds. The smallest absolute Gasteiger partial charge is 0.132 e. The SMILES string of the molecule is OCCOCCNc1ncnc2c1CCCC2. The Morgan fingerprint density at radius 3 is 3.00 bits per heavy atom. The quantitative estimate of drug-likeness (QED) is 0.716. The van der Waals surface area contributed by atoms with Crippen molar-refractivity contribution < 1.29 is 9.84 Å². The Kier molecular flexibility index (Phi) is 4.70. The summed E-state index contributed by atoms with van der Waals surface area (Å²) in [7, 11) is 0. The van der Waals surface area contributed by atoms with Crippen LogP contribution in [0.4, 0.5) is 5.82 Å². The van der Waals surface area contributed by atoms with E-state index in [0.717, 1.165) is 18.7 Å². The van der Waals surface area contributed by atoms with Crippen LogP contribution in [0.5, 0.6) is 0 Å². The van der Waals surface area contributed by atoms with Crippen LogP contribution in [0.3, 0.4) is 0 Å². The van der Waals surface area contributed by atoms with Crippen molar-refractivity contribution >= 4 is 5.82 Å². The highest BCUT2D eigenvalue weighted by atomic mass is 16.5. The van der Waals surface area contributed by atoms with Crippen LogP contribution in [0.25, 0.3) is 0 Å². The average molecular weight is 237 g/mol. The number of ether oxygens (including phenoxy) is 1. The Bertz CT molecular complexity index is 358. The monoisotopic (exact) mass is 237 g/mol. The van der Waals surface area contributed by atoms with Crippen LogP contribution >= 0.6 is 0 Å². The third-order valence-corrected chi connectivity index (χ3v) is 2.90. The summed E-state index contributed by atoms with van der Waals surface area (Å²) in [4.78, 5) is 8.60. The summed E-state index contributed by atoms with van der Waals surface area (Å²) < 4.78 is 5.19. The first-order valence-electron chi connectivity index (χ1n) is 6.17. The van der Waals surface area contributed by atoms with Crippen LogP contribution < -0.4 is 5.32 Å². The third kappa shape index (κ3) is 3.38. The topological polar surface area (TPSA) is 67.3 Å². The number of aryl methyl sites for hydroxylation is 1. The Morgan fingerprint density at radius 2 is 2.12 bits per heavy atom. The maximum atomic E-state index is 8.57. The van der Waals surface area contributed by atoms with Crippen LogP contribution in [-0.2, 0) is 17.6 Å². The van der Waals surface area contributed by atoms with Gasteiger partial charge in [0, 0.05) is 17.8 Å². The third-order valence-electron chi connectivity index (χ3n) is 2.90. The van der Waals surface area contributed by atoms with Gasteiger partial charge in [0.25, 0.3) is 0 Å². The lowest BCUT2D eigenvalue weighted by Gasteiger charge is -2.17. The summed E-state index contributed by atoms with van der Waals surface area (Å²) >= 11 is 0. The van der Waals surface area contributed by atoms with E-state index in [1.54, 1.807) is 6.33 Å². The molecule has 0 aromatic carbocycles. The van der Waals surface area contributed by atoms with Gasteiger partial charge in [-0.3, -0.25) is 0 Å². The average Bonchev–Trinajstić information content (AvgIpc) is 2.39. The van der Waals surface area contributed by atoms with Gasteiger partial charge in [0.05, 0.1) is 19.8 Å². The van der Waals surface area contributed by atoms with Crippen molar-refractivity contribution in [3.8, 4) is 0 Å². The number of aliphatic hydroxyl groups excluding tert-OH is 1. The minimum Gasteiger partial charge on any atom is -0.394 e. The lowest BCUT2D eigenvalue weighted by molar-refractivity contribution is 0.0992. The van der Waals surface area contributed by atoms with Gasteiger partial charge in [-0.25, -0.2) is 9.97 Å². The lowest BCUT2D eigenvalue weighted by atomic mass is 9.96. The van der Waals surface area contributed by atoms with Crippen molar-refractivity contribution in [2.45, 2.75) is 25.7 Å². The molecule has 1 aromatic heterocycles. The number of aromatic nitrogens is 2. The largest absolute Gasteiger partial charge is 0.394 e. The number of hydrogen-bond donors (Lipinski definition) is 2. The van der Waals surface area contributed by atoms with E-state index in [-0.39, 0.29) is 6.61 Å². The molecule has 0 saturated carbocycles. The summed E-state index contributed by atoms with van der Waals surface area (Å²) in [6.07, 6.45) is 6.20. The van der Waals surface area contributed by atoms with Gasteiger partial charge >= 0.3 is 0 Å². The lowest BCUT2D eigenvalue weighted by Crippen LogP contribution is -2.16. The molecule has 0 radical (unpaired) electrons. The molecule has 17 heavy (non-hydrogen) atoms. The molecule has 0 atom stereocenters. The number of aliphatic hydroxyl groups is 1. The molecule has 94 valence electrons. The van der Waals surface area contributed by atoms with E-state index in [2.05, 4.69) is 15.3 Å². The Morgan fingerprint density at radius 1 is 1.24 bits per heavy atom. The highest BCUT2D eigenvalue weighted by Crippen LogP contribution is 2.23. The van der Waals surface area contributed by atoms with Crippen LogP contribution in [0, 0.1) is 0 Å². The van der Waals surface area contributed by atoms with E-state index < -0.39 is 0 Å². The minimum atomic E-state index is 0.0723. The van der Waals surface area contributed by atoms with Gasteiger partial charge in [-0.05, 0) is 25.7 Å². The highest BCUT2D eigenvalue weighted by molar-refractivity contribution is 5.46. The van der Waals surface area contributed by atoms with Gasteiger partial charge in [0.15, 0.2) is 0 Å². The normalized spacial score (nSPS) is 14.4. The van der Waals surface area contributed by atoms with Crippen molar-refractivity contribution in [2.24, 2.45) is 0 Å². The van der Waals surface area contributed by atoms with Gasteiger partial charge < -0.3 is 15.2 Å². The van der Waals surface area contributed by atoms with Crippen LogP contribution in [0.2, 0.25) is 0 Å². The van der Waals surface area contributed by atoms with E-state index in [1.165, 1.54) is 24.1 Å². The molecule has 5 heteroatoms. The van der Waals surface area contributed by atoms with Gasteiger partial charge in [0.1, 0.15) is 12.1 Å². The molecule has 0 spiro atoms. The fourth-order valence-electron chi connectivity index (χ4n) is 2.08. The first-order chi connectivity index (χ1) is 8.42. The van der Waals surface area contributed by atoms with Crippen molar-refractivity contribution in [1.29, 1.82) is 0 Å². The fraction of sp³-hybridized carbons (Fsp3) is 0.667. The summed E-state index contributed by atoms with van der Waals surface area (Å²) in [6, 6.07) is 0. The first kappa shape index (κ1) is 12.3. The molecule has 1 aromatic rings. The molecule has 5 nitrogen and oxygen atoms in total. The molecule has 0 saturated heterocycles. The Balaban J connectivity index is 1.87. The standard InChI is InChI=1S/C12H19N3O2/c16-6-8-17-7-5-13-12-10-3-1-2-4-11(10)14-9-15-12/h9,16H,1-8H2,(H,13,14,15). The zero-order valence-electron chi connectivity index (χ0n) is 9.98. The number of nitrogens with zero attached hydrogens (tertiary/aromatic N) is 2. The van der Waals surface area contributed by atoms with Crippen LogP contribution in [0.1, 0.15) is 24.1 Å².